The second-order valence-corrected chi connectivity index (χ2v) is 9.95. The SMILES string of the molecule is CC(=O)OC1C[N+]2(CC(=O)c3ccccc3)CCC1CC2.CCc1cccc(Nc2ccccc2)c1. The van der Waals surface area contributed by atoms with Crippen LogP contribution in [0.1, 0.15) is 42.6 Å². The van der Waals surface area contributed by atoms with Gasteiger partial charge in [0.05, 0.1) is 13.1 Å². The number of piperidine rings is 3. The summed E-state index contributed by atoms with van der Waals surface area (Å²) in [5.41, 5.74) is 4.42. The fourth-order valence-electron chi connectivity index (χ4n) is 5.37. The van der Waals surface area contributed by atoms with E-state index in [0.717, 1.165) is 60.3 Å². The van der Waals surface area contributed by atoms with Crippen LogP contribution in [0.4, 0.5) is 11.4 Å². The van der Waals surface area contributed by atoms with Gasteiger partial charge in [-0.3, -0.25) is 9.59 Å². The Morgan fingerprint density at radius 2 is 1.53 bits per heavy atom. The topological polar surface area (TPSA) is 55.4 Å². The van der Waals surface area contributed by atoms with Gasteiger partial charge in [0, 0.05) is 42.6 Å². The van der Waals surface area contributed by atoms with Crippen molar-refractivity contribution in [2.45, 2.75) is 39.2 Å². The van der Waals surface area contributed by atoms with E-state index in [-0.39, 0.29) is 17.9 Å². The van der Waals surface area contributed by atoms with Crippen LogP contribution in [0.15, 0.2) is 84.9 Å². The van der Waals surface area contributed by atoms with Crippen molar-refractivity contribution in [3.05, 3.63) is 96.1 Å². The summed E-state index contributed by atoms with van der Waals surface area (Å²) in [4.78, 5) is 23.7. The molecule has 3 aromatic carbocycles. The maximum Gasteiger partial charge on any atom is 0.303 e. The van der Waals surface area contributed by atoms with Gasteiger partial charge in [0.2, 0.25) is 5.78 Å². The molecule has 0 saturated carbocycles. The maximum atomic E-state index is 12.5. The number of para-hydroxylation sites is 1. The van der Waals surface area contributed by atoms with Crippen molar-refractivity contribution in [1.29, 1.82) is 0 Å². The number of carbonyl (C=O) groups is 2. The monoisotopic (exact) mass is 485 g/mol. The molecule has 0 spiro atoms. The molecular weight excluding hydrogens is 448 g/mol. The number of nitrogens with one attached hydrogen (secondary N) is 1. The van der Waals surface area contributed by atoms with Gasteiger partial charge in [0.25, 0.3) is 0 Å². The molecular formula is C31H37N2O3+. The predicted molar refractivity (Wildman–Crippen MR) is 144 cm³/mol. The van der Waals surface area contributed by atoms with Crippen LogP contribution in [-0.2, 0) is 16.0 Å². The molecule has 3 fully saturated rings. The second-order valence-electron chi connectivity index (χ2n) is 9.95. The number of nitrogens with zero attached hydrogens (tertiary/aromatic N) is 1. The van der Waals surface area contributed by atoms with Gasteiger partial charge in [0.1, 0.15) is 13.1 Å². The van der Waals surface area contributed by atoms with Crippen molar-refractivity contribution in [1.82, 2.24) is 0 Å². The van der Waals surface area contributed by atoms with E-state index in [1.54, 1.807) is 0 Å². The molecule has 3 aromatic rings. The summed E-state index contributed by atoms with van der Waals surface area (Å²) >= 11 is 0. The second kappa shape index (κ2) is 12.0. The number of rotatable bonds is 7. The van der Waals surface area contributed by atoms with Gasteiger partial charge in [-0.15, -0.1) is 0 Å². The molecule has 6 rings (SSSR count). The number of ketones is 1. The number of Topliss-reactive ketones (excluding diaryl/α,β-unsaturated/α-hetero) is 1. The van der Waals surface area contributed by atoms with Crippen LogP contribution >= 0.6 is 0 Å². The smallest absolute Gasteiger partial charge is 0.303 e. The Balaban J connectivity index is 0.000000179. The van der Waals surface area contributed by atoms with Gasteiger partial charge in [-0.2, -0.15) is 0 Å². The van der Waals surface area contributed by atoms with Crippen LogP contribution in [-0.4, -0.2) is 48.5 Å². The first kappa shape index (κ1) is 25.6. The van der Waals surface area contributed by atoms with E-state index in [0.29, 0.717) is 12.5 Å². The number of hydrogen-bond acceptors (Lipinski definition) is 4. The van der Waals surface area contributed by atoms with Gasteiger partial charge < -0.3 is 14.5 Å². The highest BCUT2D eigenvalue weighted by Crippen LogP contribution is 2.35. The lowest BCUT2D eigenvalue weighted by Crippen LogP contribution is -2.65. The Morgan fingerprint density at radius 1 is 0.889 bits per heavy atom. The molecule has 2 bridgehead atoms. The summed E-state index contributed by atoms with van der Waals surface area (Å²) in [6.45, 7) is 7.01. The van der Waals surface area contributed by atoms with Crippen molar-refractivity contribution in [2.75, 3.05) is 31.5 Å². The minimum Gasteiger partial charge on any atom is -0.456 e. The van der Waals surface area contributed by atoms with Crippen LogP contribution in [0.5, 0.6) is 0 Å². The first-order valence-corrected chi connectivity index (χ1v) is 13.0. The molecule has 36 heavy (non-hydrogen) atoms. The van der Waals surface area contributed by atoms with Crippen LogP contribution in [0.3, 0.4) is 0 Å². The lowest BCUT2D eigenvalue weighted by atomic mass is 9.83. The number of benzene rings is 3. The molecule has 188 valence electrons. The molecule has 5 nitrogen and oxygen atoms in total. The fraction of sp³-hybridized carbons (Fsp3) is 0.355. The number of fused-ring (bicyclic) bond motifs is 3. The van der Waals surface area contributed by atoms with Gasteiger partial charge in [-0.25, -0.2) is 0 Å². The first-order valence-electron chi connectivity index (χ1n) is 13.0. The molecule has 3 saturated heterocycles. The normalized spacial score (nSPS) is 22.2. The van der Waals surface area contributed by atoms with E-state index < -0.39 is 0 Å². The predicted octanol–water partition coefficient (Wildman–Crippen LogP) is 6.03. The Bertz CT molecular complexity index is 1140. The van der Waals surface area contributed by atoms with Crippen LogP contribution in [0.2, 0.25) is 0 Å². The first-order chi connectivity index (χ1) is 17.5. The average molecular weight is 486 g/mol. The summed E-state index contributed by atoms with van der Waals surface area (Å²) in [7, 11) is 0. The lowest BCUT2D eigenvalue weighted by Gasteiger charge is -2.51. The third-order valence-electron chi connectivity index (χ3n) is 7.33. The van der Waals surface area contributed by atoms with E-state index in [1.807, 2.05) is 48.5 Å². The largest absolute Gasteiger partial charge is 0.456 e. The number of hydrogen-bond donors (Lipinski definition) is 1. The highest BCUT2D eigenvalue weighted by Gasteiger charge is 2.48. The minimum atomic E-state index is -0.207. The fourth-order valence-corrected chi connectivity index (χ4v) is 5.37. The number of esters is 1. The molecule has 5 heteroatoms. The van der Waals surface area contributed by atoms with Crippen LogP contribution in [0.25, 0.3) is 0 Å². The Labute approximate surface area is 214 Å². The zero-order valence-corrected chi connectivity index (χ0v) is 21.4. The molecule has 3 heterocycles. The van der Waals surface area contributed by atoms with Gasteiger partial charge in [0.15, 0.2) is 6.10 Å². The third kappa shape index (κ3) is 6.82. The van der Waals surface area contributed by atoms with E-state index in [9.17, 15) is 9.59 Å². The molecule has 1 atom stereocenters. The van der Waals surface area contributed by atoms with Gasteiger partial charge in [-0.1, -0.05) is 67.6 Å². The van der Waals surface area contributed by atoms with Crippen molar-refractivity contribution < 1.29 is 18.8 Å². The van der Waals surface area contributed by atoms with Crippen molar-refractivity contribution in [2.24, 2.45) is 5.92 Å². The number of anilines is 2. The number of aryl methyl sites for hydroxylation is 1. The minimum absolute atomic E-state index is 0.00595. The third-order valence-corrected chi connectivity index (χ3v) is 7.33. The van der Waals surface area contributed by atoms with Crippen molar-refractivity contribution in [3.63, 3.8) is 0 Å². The quantitative estimate of drug-likeness (QED) is 0.252. The van der Waals surface area contributed by atoms with E-state index in [2.05, 4.69) is 48.6 Å². The summed E-state index contributed by atoms with van der Waals surface area (Å²) in [5.74, 6) is 0.472. The highest BCUT2D eigenvalue weighted by molar-refractivity contribution is 5.96. The summed E-state index contributed by atoms with van der Waals surface area (Å²) in [6, 6.07) is 28.2. The standard InChI is InChI=1S/C17H22NO3.C14H15N/c1-13(19)21-17-12-18(9-7-15(17)8-10-18)11-16(20)14-5-3-2-4-6-14;1-2-12-7-6-10-14(11-12)15-13-8-4-3-5-9-13/h2-6,15,17H,7-12H2,1H3;3-11,15H,2H2,1H3/q+1;. The van der Waals surface area contributed by atoms with Gasteiger partial charge >= 0.3 is 5.97 Å². The Hall–Kier alpha value is -3.44. The molecule has 0 amide bonds. The zero-order valence-electron chi connectivity index (χ0n) is 21.4. The molecule has 0 radical (unpaired) electrons. The molecule has 3 aliphatic heterocycles. The zero-order chi connectivity index (χ0) is 25.4. The molecule has 0 aromatic heterocycles. The molecule has 3 aliphatic rings. The van der Waals surface area contributed by atoms with Crippen molar-refractivity contribution >= 4 is 23.1 Å². The molecule has 1 N–H and O–H groups in total. The van der Waals surface area contributed by atoms with Crippen LogP contribution < -0.4 is 5.32 Å². The van der Waals surface area contributed by atoms with Crippen LogP contribution in [0, 0.1) is 5.92 Å². The Kier molecular flexibility index (Phi) is 8.55. The van der Waals surface area contributed by atoms with Gasteiger partial charge in [-0.05, 0) is 36.2 Å². The molecule has 0 aliphatic carbocycles. The Morgan fingerprint density at radius 3 is 2.17 bits per heavy atom. The molecule has 1 unspecified atom stereocenters. The number of quaternary nitrogens is 1. The van der Waals surface area contributed by atoms with E-state index in [1.165, 1.54) is 12.5 Å². The van der Waals surface area contributed by atoms with Crippen molar-refractivity contribution in [3.8, 4) is 0 Å². The lowest BCUT2D eigenvalue weighted by molar-refractivity contribution is -0.938. The summed E-state index contributed by atoms with van der Waals surface area (Å²) < 4.78 is 6.25. The summed E-state index contributed by atoms with van der Waals surface area (Å²) in [6.07, 6.45) is 3.18. The maximum absolute atomic E-state index is 12.5. The van der Waals surface area contributed by atoms with E-state index in [4.69, 9.17) is 4.74 Å². The van der Waals surface area contributed by atoms with E-state index >= 15 is 0 Å². The highest BCUT2D eigenvalue weighted by atomic mass is 16.5. The number of carbonyl (C=O) groups excluding carboxylic acids is 2. The number of ether oxygens (including phenoxy) is 1. The summed E-state index contributed by atoms with van der Waals surface area (Å²) in [5, 5.41) is 3.38. The average Bonchev–Trinajstić information content (AvgIpc) is 2.90.